The fourth-order valence-electron chi connectivity index (χ4n) is 1.08. The third-order valence-corrected chi connectivity index (χ3v) is 1.76. The lowest BCUT2D eigenvalue weighted by Gasteiger charge is -2.00. The second-order valence-electron chi connectivity index (χ2n) is 2.94. The molecule has 0 unspecified atom stereocenters. The standard InChI is InChI=1S/C11H12N2O2/c1-13-6-2-3-8-4-5-9(12)7-10(8)11(14)15/h4-5,7,13H,6,12H2,1H3,(H,14,15). The van der Waals surface area contributed by atoms with E-state index < -0.39 is 5.97 Å². The Morgan fingerprint density at radius 3 is 2.93 bits per heavy atom. The van der Waals surface area contributed by atoms with Gasteiger partial charge in [-0.2, -0.15) is 0 Å². The van der Waals surface area contributed by atoms with Crippen LogP contribution in [0.2, 0.25) is 0 Å². The molecule has 0 bridgehead atoms. The Hall–Kier alpha value is -1.99. The molecule has 0 aliphatic heterocycles. The lowest BCUT2D eigenvalue weighted by Crippen LogP contribution is -2.05. The van der Waals surface area contributed by atoms with Gasteiger partial charge >= 0.3 is 5.97 Å². The molecule has 0 saturated carbocycles. The monoisotopic (exact) mass is 204 g/mol. The number of nitrogens with one attached hydrogen (secondary N) is 1. The number of hydrogen-bond donors (Lipinski definition) is 3. The maximum absolute atomic E-state index is 10.9. The molecular formula is C11H12N2O2. The summed E-state index contributed by atoms with van der Waals surface area (Å²) < 4.78 is 0. The Balaban J connectivity index is 3.08. The van der Waals surface area contributed by atoms with Gasteiger partial charge < -0.3 is 16.2 Å². The van der Waals surface area contributed by atoms with Crippen molar-refractivity contribution < 1.29 is 9.90 Å². The van der Waals surface area contributed by atoms with E-state index in [4.69, 9.17) is 10.8 Å². The molecule has 15 heavy (non-hydrogen) atoms. The van der Waals surface area contributed by atoms with E-state index in [-0.39, 0.29) is 5.56 Å². The molecule has 4 nitrogen and oxygen atoms in total. The number of benzene rings is 1. The Kier molecular flexibility index (Phi) is 3.72. The van der Waals surface area contributed by atoms with Gasteiger partial charge in [0.15, 0.2) is 0 Å². The summed E-state index contributed by atoms with van der Waals surface area (Å²) in [5.74, 6) is 4.56. The highest BCUT2D eigenvalue weighted by atomic mass is 16.4. The van der Waals surface area contributed by atoms with Gasteiger partial charge in [-0.25, -0.2) is 4.79 Å². The van der Waals surface area contributed by atoms with Gasteiger partial charge in [-0.05, 0) is 25.2 Å². The molecule has 0 fully saturated rings. The summed E-state index contributed by atoms with van der Waals surface area (Å²) in [4.78, 5) is 10.9. The van der Waals surface area contributed by atoms with Crippen LogP contribution >= 0.6 is 0 Å². The van der Waals surface area contributed by atoms with Gasteiger partial charge in [-0.15, -0.1) is 0 Å². The number of anilines is 1. The van der Waals surface area contributed by atoms with Gasteiger partial charge in [0.2, 0.25) is 0 Å². The number of nitrogen functional groups attached to an aromatic ring is 1. The molecule has 0 aromatic heterocycles. The molecule has 4 heteroatoms. The van der Waals surface area contributed by atoms with Crippen LogP contribution in [0.4, 0.5) is 5.69 Å². The van der Waals surface area contributed by atoms with Crippen LogP contribution in [-0.2, 0) is 0 Å². The molecule has 0 radical (unpaired) electrons. The van der Waals surface area contributed by atoms with Crippen LogP contribution in [0.5, 0.6) is 0 Å². The number of nitrogens with two attached hydrogens (primary N) is 1. The van der Waals surface area contributed by atoms with Gasteiger partial charge in [0.05, 0.1) is 12.1 Å². The summed E-state index contributed by atoms with van der Waals surface area (Å²) in [6.07, 6.45) is 0. The van der Waals surface area contributed by atoms with Crippen LogP contribution in [0.3, 0.4) is 0 Å². The zero-order valence-electron chi connectivity index (χ0n) is 8.37. The fourth-order valence-corrected chi connectivity index (χ4v) is 1.08. The Labute approximate surface area is 88.1 Å². The predicted molar refractivity (Wildman–Crippen MR) is 58.6 cm³/mol. The molecule has 1 aromatic rings. The fraction of sp³-hybridized carbons (Fsp3) is 0.182. The van der Waals surface area contributed by atoms with Gasteiger partial charge in [0.25, 0.3) is 0 Å². The molecule has 78 valence electrons. The van der Waals surface area contributed by atoms with Crippen molar-refractivity contribution in [1.82, 2.24) is 5.32 Å². The molecule has 0 heterocycles. The zero-order chi connectivity index (χ0) is 11.3. The number of aromatic carboxylic acids is 1. The molecule has 0 spiro atoms. The van der Waals surface area contributed by atoms with E-state index in [0.29, 0.717) is 17.8 Å². The zero-order valence-corrected chi connectivity index (χ0v) is 8.37. The SMILES string of the molecule is CNCC#Cc1ccc(N)cc1C(=O)O. The van der Waals surface area contributed by atoms with Crippen molar-refractivity contribution >= 4 is 11.7 Å². The maximum Gasteiger partial charge on any atom is 0.337 e. The van der Waals surface area contributed by atoms with E-state index >= 15 is 0 Å². The molecule has 0 aliphatic rings. The second kappa shape index (κ2) is 5.03. The Morgan fingerprint density at radius 1 is 1.60 bits per heavy atom. The number of carbonyl (C=O) groups is 1. The average Bonchev–Trinajstić information content (AvgIpc) is 2.20. The number of hydrogen-bond acceptors (Lipinski definition) is 3. The minimum Gasteiger partial charge on any atom is -0.478 e. The van der Waals surface area contributed by atoms with Gasteiger partial charge in [-0.1, -0.05) is 11.8 Å². The van der Waals surface area contributed by atoms with Crippen molar-refractivity contribution in [3.8, 4) is 11.8 Å². The smallest absolute Gasteiger partial charge is 0.337 e. The first-order valence-electron chi connectivity index (χ1n) is 4.41. The summed E-state index contributed by atoms with van der Waals surface area (Å²) in [6, 6.07) is 4.66. The van der Waals surface area contributed by atoms with Crippen molar-refractivity contribution in [2.45, 2.75) is 0 Å². The highest BCUT2D eigenvalue weighted by Gasteiger charge is 2.07. The normalized spacial score (nSPS) is 9.13. The summed E-state index contributed by atoms with van der Waals surface area (Å²) in [7, 11) is 1.77. The van der Waals surface area contributed by atoms with Crippen LogP contribution in [0.1, 0.15) is 15.9 Å². The van der Waals surface area contributed by atoms with E-state index in [0.717, 1.165) is 0 Å². The topological polar surface area (TPSA) is 75.3 Å². The number of carboxylic acid groups (broad SMARTS) is 1. The predicted octanol–water partition coefficient (Wildman–Crippen LogP) is 0.538. The van der Waals surface area contributed by atoms with Gasteiger partial charge in [0, 0.05) is 11.3 Å². The third-order valence-electron chi connectivity index (χ3n) is 1.76. The van der Waals surface area contributed by atoms with Crippen molar-refractivity contribution in [2.24, 2.45) is 0 Å². The van der Waals surface area contributed by atoms with Gasteiger partial charge in [0.1, 0.15) is 0 Å². The lowest BCUT2D eigenvalue weighted by molar-refractivity contribution is 0.0696. The summed E-state index contributed by atoms with van der Waals surface area (Å²) in [5.41, 5.74) is 6.54. The minimum atomic E-state index is -1.02. The van der Waals surface area contributed by atoms with Crippen molar-refractivity contribution in [3.05, 3.63) is 29.3 Å². The van der Waals surface area contributed by atoms with Crippen molar-refractivity contribution in [2.75, 3.05) is 19.3 Å². The van der Waals surface area contributed by atoms with E-state index in [1.54, 1.807) is 19.2 Å². The molecule has 1 aromatic carbocycles. The largest absolute Gasteiger partial charge is 0.478 e. The average molecular weight is 204 g/mol. The van der Waals surface area contributed by atoms with Crippen LogP contribution in [0, 0.1) is 11.8 Å². The first-order valence-corrected chi connectivity index (χ1v) is 4.41. The van der Waals surface area contributed by atoms with Crippen molar-refractivity contribution in [1.29, 1.82) is 0 Å². The van der Waals surface area contributed by atoms with E-state index in [1.165, 1.54) is 6.07 Å². The molecule has 0 atom stereocenters. The molecule has 1 rings (SSSR count). The first kappa shape index (κ1) is 11.1. The molecule has 0 saturated heterocycles. The van der Waals surface area contributed by atoms with Crippen molar-refractivity contribution in [3.63, 3.8) is 0 Å². The summed E-state index contributed by atoms with van der Waals surface area (Å²) >= 11 is 0. The Bertz CT molecular complexity index is 430. The van der Waals surface area contributed by atoms with Crippen LogP contribution in [0.25, 0.3) is 0 Å². The Morgan fingerprint density at radius 2 is 2.33 bits per heavy atom. The summed E-state index contributed by atoms with van der Waals surface area (Å²) in [5, 5.41) is 11.8. The quantitative estimate of drug-likeness (QED) is 0.485. The minimum absolute atomic E-state index is 0.138. The maximum atomic E-state index is 10.9. The molecular weight excluding hydrogens is 192 g/mol. The highest BCUT2D eigenvalue weighted by molar-refractivity contribution is 5.91. The molecule has 4 N–H and O–H groups in total. The first-order chi connectivity index (χ1) is 7.15. The summed E-state index contributed by atoms with van der Waals surface area (Å²) in [6.45, 7) is 0.517. The van der Waals surface area contributed by atoms with E-state index in [2.05, 4.69) is 17.2 Å². The lowest BCUT2D eigenvalue weighted by atomic mass is 10.1. The highest BCUT2D eigenvalue weighted by Crippen LogP contribution is 2.12. The number of rotatable bonds is 2. The third kappa shape index (κ3) is 3.01. The van der Waals surface area contributed by atoms with Crippen LogP contribution < -0.4 is 11.1 Å². The molecule has 0 aliphatic carbocycles. The van der Waals surface area contributed by atoms with E-state index in [9.17, 15) is 4.79 Å². The second-order valence-corrected chi connectivity index (χ2v) is 2.94. The molecule has 0 amide bonds. The van der Waals surface area contributed by atoms with Crippen LogP contribution in [-0.4, -0.2) is 24.7 Å². The van der Waals surface area contributed by atoms with Gasteiger partial charge in [-0.3, -0.25) is 0 Å². The van der Waals surface area contributed by atoms with Crippen LogP contribution in [0.15, 0.2) is 18.2 Å². The number of carboxylic acids is 1. The van der Waals surface area contributed by atoms with E-state index in [1.807, 2.05) is 0 Å².